The van der Waals surface area contributed by atoms with Gasteiger partial charge in [0.1, 0.15) is 5.82 Å². The van der Waals surface area contributed by atoms with Crippen LogP contribution in [0.3, 0.4) is 0 Å². The van der Waals surface area contributed by atoms with Crippen molar-refractivity contribution in [2.24, 2.45) is 0 Å². The van der Waals surface area contributed by atoms with Crippen molar-refractivity contribution < 1.29 is 4.39 Å². The van der Waals surface area contributed by atoms with Crippen LogP contribution < -0.4 is 5.69 Å². The average Bonchev–Trinajstić information content (AvgIpc) is 2.72. The molecular weight excluding hydrogens is 313 g/mol. The van der Waals surface area contributed by atoms with E-state index >= 15 is 0 Å². The Hall–Kier alpha value is -1.95. The van der Waals surface area contributed by atoms with E-state index in [2.05, 4.69) is 21.0 Å². The van der Waals surface area contributed by atoms with Crippen molar-refractivity contribution in [2.45, 2.75) is 6.54 Å². The van der Waals surface area contributed by atoms with Gasteiger partial charge in [0.15, 0.2) is 5.65 Å². The molecule has 0 amide bonds. The first kappa shape index (κ1) is 12.1. The summed E-state index contributed by atoms with van der Waals surface area (Å²) in [6.45, 7) is 0.305. The normalized spacial score (nSPS) is 11.1. The summed E-state index contributed by atoms with van der Waals surface area (Å²) in [6, 6.07) is 10.00. The van der Waals surface area contributed by atoms with Crippen molar-refractivity contribution in [3.63, 3.8) is 0 Å². The van der Waals surface area contributed by atoms with Gasteiger partial charge in [0, 0.05) is 6.20 Å². The summed E-state index contributed by atoms with van der Waals surface area (Å²) in [5, 5.41) is 4.22. The van der Waals surface area contributed by atoms with Gasteiger partial charge in [0.05, 0.1) is 11.0 Å². The van der Waals surface area contributed by atoms with E-state index in [0.717, 1.165) is 5.56 Å². The summed E-state index contributed by atoms with van der Waals surface area (Å²) >= 11 is 3.12. The molecule has 0 unspecified atom stereocenters. The Kier molecular flexibility index (Phi) is 2.94. The van der Waals surface area contributed by atoms with E-state index in [9.17, 15) is 9.18 Å². The van der Waals surface area contributed by atoms with Crippen LogP contribution >= 0.6 is 15.9 Å². The maximum atomic E-state index is 13.1. The van der Waals surface area contributed by atoms with Crippen LogP contribution in [0.25, 0.3) is 5.65 Å². The Morgan fingerprint density at radius 2 is 2.11 bits per heavy atom. The van der Waals surface area contributed by atoms with Gasteiger partial charge < -0.3 is 0 Å². The first-order chi connectivity index (χ1) is 9.15. The van der Waals surface area contributed by atoms with Crippen LogP contribution in [-0.2, 0) is 6.54 Å². The smallest absolute Gasteiger partial charge is 0.250 e. The van der Waals surface area contributed by atoms with E-state index in [1.807, 2.05) is 6.07 Å². The van der Waals surface area contributed by atoms with Crippen LogP contribution in [0.5, 0.6) is 0 Å². The fourth-order valence-corrected chi connectivity index (χ4v) is 2.31. The molecule has 0 saturated heterocycles. The molecule has 0 N–H and O–H groups in total. The van der Waals surface area contributed by atoms with Crippen molar-refractivity contribution >= 4 is 21.6 Å². The zero-order valence-electron chi connectivity index (χ0n) is 9.75. The predicted octanol–water partition coefficient (Wildman–Crippen LogP) is 2.45. The monoisotopic (exact) mass is 321 g/mol. The van der Waals surface area contributed by atoms with Gasteiger partial charge in [-0.05, 0) is 45.8 Å². The molecule has 0 aliphatic heterocycles. The van der Waals surface area contributed by atoms with E-state index in [1.54, 1.807) is 30.5 Å². The van der Waals surface area contributed by atoms with Gasteiger partial charge in [-0.3, -0.25) is 4.40 Å². The highest BCUT2D eigenvalue weighted by molar-refractivity contribution is 9.10. The molecule has 0 bridgehead atoms. The highest BCUT2D eigenvalue weighted by Crippen LogP contribution is 2.17. The Morgan fingerprint density at radius 3 is 2.84 bits per heavy atom. The number of fused-ring (bicyclic) bond motifs is 1. The molecule has 0 atom stereocenters. The molecule has 96 valence electrons. The minimum atomic E-state index is -0.328. The molecule has 19 heavy (non-hydrogen) atoms. The molecule has 1 aromatic carbocycles. The van der Waals surface area contributed by atoms with Crippen molar-refractivity contribution in [1.29, 1.82) is 0 Å². The Balaban J connectivity index is 2.03. The van der Waals surface area contributed by atoms with Crippen LogP contribution in [0.2, 0.25) is 0 Å². The minimum Gasteiger partial charge on any atom is -0.250 e. The van der Waals surface area contributed by atoms with Crippen LogP contribution in [0, 0.1) is 5.82 Å². The maximum Gasteiger partial charge on any atom is 0.350 e. The highest BCUT2D eigenvalue weighted by Gasteiger charge is 2.07. The quantitative estimate of drug-likeness (QED) is 0.727. The topological polar surface area (TPSA) is 39.3 Å². The number of pyridine rings is 1. The Morgan fingerprint density at radius 1 is 1.26 bits per heavy atom. The molecule has 0 saturated carbocycles. The molecule has 0 aliphatic rings. The molecule has 0 radical (unpaired) electrons. The zero-order chi connectivity index (χ0) is 13.4. The van der Waals surface area contributed by atoms with Gasteiger partial charge in [0.2, 0.25) is 0 Å². The third kappa shape index (κ3) is 2.19. The average molecular weight is 322 g/mol. The van der Waals surface area contributed by atoms with E-state index in [-0.39, 0.29) is 11.5 Å². The minimum absolute atomic E-state index is 0.212. The van der Waals surface area contributed by atoms with Gasteiger partial charge >= 0.3 is 5.69 Å². The lowest BCUT2D eigenvalue weighted by molar-refractivity contribution is 0.616. The number of hydrogen-bond acceptors (Lipinski definition) is 2. The van der Waals surface area contributed by atoms with Crippen molar-refractivity contribution in [3.8, 4) is 0 Å². The van der Waals surface area contributed by atoms with E-state index in [0.29, 0.717) is 16.7 Å². The molecule has 2 aromatic heterocycles. The number of halogens is 2. The molecule has 6 heteroatoms. The van der Waals surface area contributed by atoms with Crippen LogP contribution in [0.15, 0.2) is 51.9 Å². The number of aromatic nitrogens is 3. The fraction of sp³-hybridized carbons (Fsp3) is 0.0769. The number of hydrogen-bond donors (Lipinski definition) is 0. The summed E-state index contributed by atoms with van der Waals surface area (Å²) < 4.78 is 16.4. The molecular formula is C13H9BrFN3O. The highest BCUT2D eigenvalue weighted by atomic mass is 79.9. The van der Waals surface area contributed by atoms with Crippen molar-refractivity contribution in [3.05, 3.63) is 68.9 Å². The lowest BCUT2D eigenvalue weighted by Gasteiger charge is -2.01. The van der Waals surface area contributed by atoms with E-state index < -0.39 is 0 Å². The molecule has 0 fully saturated rings. The van der Waals surface area contributed by atoms with Gasteiger partial charge in [0.25, 0.3) is 0 Å². The van der Waals surface area contributed by atoms with Crippen molar-refractivity contribution in [2.75, 3.05) is 0 Å². The van der Waals surface area contributed by atoms with Gasteiger partial charge in [-0.1, -0.05) is 12.1 Å². The first-order valence-electron chi connectivity index (χ1n) is 5.63. The van der Waals surface area contributed by atoms with E-state index in [4.69, 9.17) is 0 Å². The van der Waals surface area contributed by atoms with Crippen molar-refractivity contribution in [1.82, 2.24) is 14.2 Å². The second-order valence-corrected chi connectivity index (χ2v) is 4.97. The number of nitrogens with zero attached hydrogens (tertiary/aromatic N) is 3. The zero-order valence-corrected chi connectivity index (χ0v) is 11.3. The molecule has 4 nitrogen and oxygen atoms in total. The van der Waals surface area contributed by atoms with Gasteiger partial charge in [-0.15, -0.1) is 5.10 Å². The van der Waals surface area contributed by atoms with Crippen LogP contribution in [0.1, 0.15) is 5.56 Å². The van der Waals surface area contributed by atoms with E-state index in [1.165, 1.54) is 15.1 Å². The molecule has 3 aromatic rings. The lowest BCUT2D eigenvalue weighted by atomic mass is 10.2. The molecule has 0 aliphatic carbocycles. The third-order valence-corrected chi connectivity index (χ3v) is 3.41. The standard InChI is InChI=1S/C13H9BrFN3O/c14-10-7-9(4-5-11(10)15)8-18-13(19)17-6-2-1-3-12(17)16-18/h1-7H,8H2. The lowest BCUT2D eigenvalue weighted by Crippen LogP contribution is -2.21. The maximum absolute atomic E-state index is 13.1. The van der Waals surface area contributed by atoms with Crippen LogP contribution in [0.4, 0.5) is 4.39 Å². The fourth-order valence-electron chi connectivity index (χ4n) is 1.88. The van der Waals surface area contributed by atoms with Crippen LogP contribution in [-0.4, -0.2) is 14.2 Å². The summed E-state index contributed by atoms with van der Waals surface area (Å²) in [5.74, 6) is -0.328. The second-order valence-electron chi connectivity index (χ2n) is 4.12. The Labute approximate surface area is 116 Å². The molecule has 0 spiro atoms. The molecule has 2 heterocycles. The molecule has 3 rings (SSSR count). The third-order valence-electron chi connectivity index (χ3n) is 2.80. The summed E-state index contributed by atoms with van der Waals surface area (Å²) in [7, 11) is 0. The van der Waals surface area contributed by atoms with Gasteiger partial charge in [-0.2, -0.15) is 0 Å². The number of benzene rings is 1. The predicted molar refractivity (Wildman–Crippen MR) is 72.7 cm³/mol. The summed E-state index contributed by atoms with van der Waals surface area (Å²) in [5.41, 5.74) is 1.18. The Bertz CT molecular complexity index is 809. The summed E-state index contributed by atoms with van der Waals surface area (Å²) in [4.78, 5) is 12.1. The van der Waals surface area contributed by atoms with Gasteiger partial charge in [-0.25, -0.2) is 13.9 Å². The first-order valence-corrected chi connectivity index (χ1v) is 6.42. The summed E-state index contributed by atoms with van der Waals surface area (Å²) in [6.07, 6.45) is 1.67. The SMILES string of the molecule is O=c1n(Cc2ccc(F)c(Br)c2)nc2ccccn12. The second kappa shape index (κ2) is 4.62. The number of rotatable bonds is 2. The largest absolute Gasteiger partial charge is 0.350 e.